The molecule has 0 saturated carbocycles. The van der Waals surface area contributed by atoms with Gasteiger partial charge >= 0.3 is 0 Å². The van der Waals surface area contributed by atoms with Crippen LogP contribution in [0.15, 0.2) is 41.3 Å². The van der Waals surface area contributed by atoms with E-state index in [2.05, 4.69) is 5.32 Å². The number of hydrogen-bond donors (Lipinski definition) is 1. The summed E-state index contributed by atoms with van der Waals surface area (Å²) >= 11 is 5.86. The summed E-state index contributed by atoms with van der Waals surface area (Å²) in [6.07, 6.45) is 1.44. The van der Waals surface area contributed by atoms with E-state index in [1.54, 1.807) is 7.05 Å². The average Bonchev–Trinajstić information content (AvgIpc) is 2.42. The van der Waals surface area contributed by atoms with E-state index in [-0.39, 0.29) is 21.8 Å². The molecule has 0 aliphatic heterocycles. The van der Waals surface area contributed by atoms with E-state index in [9.17, 15) is 19.7 Å². The van der Waals surface area contributed by atoms with Gasteiger partial charge in [-0.05, 0) is 12.1 Å². The molecule has 2 rings (SSSR count). The molecule has 2 aromatic rings. The van der Waals surface area contributed by atoms with Gasteiger partial charge in [0.05, 0.1) is 16.2 Å². The van der Waals surface area contributed by atoms with Crippen molar-refractivity contribution >= 4 is 28.9 Å². The molecule has 1 aromatic heterocycles. The minimum atomic E-state index is -0.661. The van der Waals surface area contributed by atoms with Gasteiger partial charge in [-0.1, -0.05) is 17.7 Å². The first-order valence-electron chi connectivity index (χ1n) is 5.81. The molecule has 0 fully saturated rings. The van der Waals surface area contributed by atoms with Gasteiger partial charge in [0.1, 0.15) is 5.02 Å². The number of carbonyl (C=O) groups is 1. The van der Waals surface area contributed by atoms with E-state index in [1.807, 2.05) is 0 Å². The molecule has 0 aliphatic rings. The lowest BCUT2D eigenvalue weighted by molar-refractivity contribution is -0.384. The van der Waals surface area contributed by atoms with Crippen LogP contribution in [0.3, 0.4) is 0 Å². The number of nitro benzene ring substituents is 1. The second-order valence-electron chi connectivity index (χ2n) is 4.22. The Kier molecular flexibility index (Phi) is 4.04. The van der Waals surface area contributed by atoms with Gasteiger partial charge < -0.3 is 9.88 Å². The van der Waals surface area contributed by atoms with E-state index in [0.717, 1.165) is 0 Å². The van der Waals surface area contributed by atoms with E-state index in [4.69, 9.17) is 11.6 Å². The number of nitrogens with one attached hydrogen (secondary N) is 1. The van der Waals surface area contributed by atoms with E-state index >= 15 is 0 Å². The minimum Gasteiger partial charge on any atom is -0.321 e. The van der Waals surface area contributed by atoms with Gasteiger partial charge in [0.25, 0.3) is 11.6 Å². The molecule has 0 radical (unpaired) electrons. The first-order chi connectivity index (χ1) is 9.90. The molecule has 0 atom stereocenters. The zero-order valence-corrected chi connectivity index (χ0v) is 11.6. The van der Waals surface area contributed by atoms with Crippen molar-refractivity contribution in [3.63, 3.8) is 0 Å². The summed E-state index contributed by atoms with van der Waals surface area (Å²) in [5, 5.41) is 13.1. The third kappa shape index (κ3) is 3.09. The Morgan fingerprint density at radius 1 is 1.33 bits per heavy atom. The maximum atomic E-state index is 12.1. The van der Waals surface area contributed by atoms with Gasteiger partial charge in [0.15, 0.2) is 0 Å². The average molecular weight is 308 g/mol. The van der Waals surface area contributed by atoms with Crippen LogP contribution in [0, 0.1) is 10.1 Å². The lowest BCUT2D eigenvalue weighted by Gasteiger charge is -2.08. The number of hydrogen-bond acceptors (Lipinski definition) is 4. The van der Waals surface area contributed by atoms with Crippen LogP contribution in [0.25, 0.3) is 0 Å². The largest absolute Gasteiger partial charge is 0.321 e. The van der Waals surface area contributed by atoms with Gasteiger partial charge in [-0.25, -0.2) is 0 Å². The molecular formula is C13H10ClN3O4. The molecule has 0 aliphatic carbocycles. The molecular weight excluding hydrogens is 298 g/mol. The van der Waals surface area contributed by atoms with Crippen LogP contribution in [0.5, 0.6) is 0 Å². The third-order valence-corrected chi connectivity index (χ3v) is 3.16. The number of rotatable bonds is 3. The number of anilines is 1. The van der Waals surface area contributed by atoms with Crippen molar-refractivity contribution < 1.29 is 9.72 Å². The second kappa shape index (κ2) is 5.76. The highest BCUT2D eigenvalue weighted by atomic mass is 35.5. The molecule has 1 amide bonds. The number of carbonyl (C=O) groups excluding carboxylic acids is 1. The van der Waals surface area contributed by atoms with E-state index < -0.39 is 10.8 Å². The first-order valence-corrected chi connectivity index (χ1v) is 6.19. The van der Waals surface area contributed by atoms with E-state index in [0.29, 0.717) is 5.69 Å². The van der Waals surface area contributed by atoms with Gasteiger partial charge in [0, 0.05) is 25.4 Å². The van der Waals surface area contributed by atoms with Crippen LogP contribution in [-0.2, 0) is 7.05 Å². The molecule has 1 aromatic carbocycles. The molecule has 0 spiro atoms. The quantitative estimate of drug-likeness (QED) is 0.694. The number of aromatic nitrogens is 1. The number of aryl methyl sites for hydroxylation is 1. The fraction of sp³-hybridized carbons (Fsp3) is 0.0769. The van der Waals surface area contributed by atoms with Gasteiger partial charge in [-0.15, -0.1) is 0 Å². The molecule has 8 heteroatoms. The Morgan fingerprint density at radius 3 is 2.67 bits per heavy atom. The lowest BCUT2D eigenvalue weighted by Crippen LogP contribution is -2.18. The number of amides is 1. The molecule has 0 bridgehead atoms. The summed E-state index contributed by atoms with van der Waals surface area (Å²) < 4.78 is 1.30. The summed E-state index contributed by atoms with van der Waals surface area (Å²) in [4.78, 5) is 33.5. The van der Waals surface area contributed by atoms with Crippen molar-refractivity contribution in [2.45, 2.75) is 0 Å². The first kappa shape index (κ1) is 14.7. The SMILES string of the molecule is Cn1cc(NC(=O)c2cccc([N+](=O)[O-])c2Cl)ccc1=O. The Morgan fingerprint density at radius 2 is 2.05 bits per heavy atom. The maximum absolute atomic E-state index is 12.1. The summed E-state index contributed by atoms with van der Waals surface area (Å²) in [5.41, 5.74) is -0.199. The number of nitrogens with zero attached hydrogens (tertiary/aromatic N) is 2. The number of benzene rings is 1. The summed E-state index contributed by atoms with van der Waals surface area (Å²) in [6, 6.07) is 6.70. The number of pyridine rings is 1. The normalized spacial score (nSPS) is 10.2. The number of nitro groups is 1. The molecule has 0 unspecified atom stereocenters. The summed E-state index contributed by atoms with van der Waals surface area (Å²) in [6.45, 7) is 0. The van der Waals surface area contributed by atoms with Crippen molar-refractivity contribution in [3.05, 3.63) is 67.6 Å². The smallest absolute Gasteiger partial charge is 0.288 e. The molecule has 0 saturated heterocycles. The van der Waals surface area contributed by atoms with Crippen molar-refractivity contribution in [3.8, 4) is 0 Å². The maximum Gasteiger partial charge on any atom is 0.288 e. The van der Waals surface area contributed by atoms with Crippen molar-refractivity contribution in [2.75, 3.05) is 5.32 Å². The fourth-order valence-corrected chi connectivity index (χ4v) is 1.98. The van der Waals surface area contributed by atoms with Crippen LogP contribution in [0.2, 0.25) is 5.02 Å². The second-order valence-corrected chi connectivity index (χ2v) is 4.59. The van der Waals surface area contributed by atoms with Gasteiger partial charge in [0.2, 0.25) is 5.56 Å². The van der Waals surface area contributed by atoms with Gasteiger partial charge in [-0.3, -0.25) is 19.7 Å². The zero-order chi connectivity index (χ0) is 15.6. The fourth-order valence-electron chi connectivity index (χ4n) is 1.70. The molecule has 1 N–H and O–H groups in total. The molecule has 108 valence electrons. The minimum absolute atomic E-state index is 0.0141. The van der Waals surface area contributed by atoms with E-state index in [1.165, 1.54) is 41.1 Å². The molecule has 1 heterocycles. The Hall–Kier alpha value is -2.67. The third-order valence-electron chi connectivity index (χ3n) is 2.76. The monoisotopic (exact) mass is 307 g/mol. The number of halogens is 1. The zero-order valence-electron chi connectivity index (χ0n) is 10.9. The van der Waals surface area contributed by atoms with Crippen molar-refractivity contribution in [2.24, 2.45) is 7.05 Å². The summed E-state index contributed by atoms with van der Waals surface area (Å²) in [7, 11) is 1.54. The summed E-state index contributed by atoms with van der Waals surface area (Å²) in [5.74, 6) is -0.595. The van der Waals surface area contributed by atoms with Crippen LogP contribution < -0.4 is 10.9 Å². The van der Waals surface area contributed by atoms with Crippen LogP contribution in [-0.4, -0.2) is 15.4 Å². The predicted octanol–water partition coefficient (Wildman–Crippen LogP) is 2.20. The topological polar surface area (TPSA) is 94.2 Å². The van der Waals surface area contributed by atoms with Gasteiger partial charge in [-0.2, -0.15) is 0 Å². The Balaban J connectivity index is 2.32. The van der Waals surface area contributed by atoms with Crippen LogP contribution in [0.4, 0.5) is 11.4 Å². The standard InChI is InChI=1S/C13H10ClN3O4/c1-16-7-8(5-6-11(16)18)15-13(19)9-3-2-4-10(12(9)14)17(20)21/h2-7H,1H3,(H,15,19). The molecule has 21 heavy (non-hydrogen) atoms. The Labute approximate surface area is 123 Å². The predicted molar refractivity (Wildman–Crippen MR) is 77.7 cm³/mol. The van der Waals surface area contributed by atoms with Crippen LogP contribution >= 0.6 is 11.6 Å². The van der Waals surface area contributed by atoms with Crippen molar-refractivity contribution in [1.29, 1.82) is 0 Å². The van der Waals surface area contributed by atoms with Crippen LogP contribution in [0.1, 0.15) is 10.4 Å². The Bertz CT molecular complexity index is 785. The highest BCUT2D eigenvalue weighted by Gasteiger charge is 2.19. The lowest BCUT2D eigenvalue weighted by atomic mass is 10.2. The highest BCUT2D eigenvalue weighted by molar-refractivity contribution is 6.36. The molecule has 7 nitrogen and oxygen atoms in total. The highest BCUT2D eigenvalue weighted by Crippen LogP contribution is 2.28. The van der Waals surface area contributed by atoms with Crippen molar-refractivity contribution in [1.82, 2.24) is 4.57 Å².